The van der Waals surface area contributed by atoms with Crippen molar-refractivity contribution in [1.29, 1.82) is 0 Å². The van der Waals surface area contributed by atoms with Gasteiger partial charge in [0.05, 0.1) is 5.70 Å². The van der Waals surface area contributed by atoms with E-state index in [9.17, 15) is 0 Å². The Hall–Kier alpha value is -2.56. The number of nitrogens with two attached hydrogens (primary N) is 2. The number of aromatic nitrogens is 2. The standard InChI is InChI=1S/C14H17N5/c1-9-4-3-5-11(14(9)16)12(8-15)19-13-6-7-17-10(2)18-13/h3-8H,15-16H2,1-2H3,(H,17,18,19)/b12-8+. The molecule has 0 radical (unpaired) electrons. The van der Waals surface area contributed by atoms with Crippen LogP contribution in [0.25, 0.3) is 5.70 Å². The van der Waals surface area contributed by atoms with Crippen molar-refractivity contribution in [2.45, 2.75) is 13.8 Å². The fourth-order valence-corrected chi connectivity index (χ4v) is 1.78. The topological polar surface area (TPSA) is 89.8 Å². The Labute approximate surface area is 112 Å². The highest BCUT2D eigenvalue weighted by Gasteiger charge is 2.08. The largest absolute Gasteiger partial charge is 0.403 e. The van der Waals surface area contributed by atoms with Crippen LogP contribution in [-0.2, 0) is 0 Å². The third kappa shape index (κ3) is 2.82. The van der Waals surface area contributed by atoms with E-state index in [0.717, 1.165) is 16.8 Å². The van der Waals surface area contributed by atoms with E-state index >= 15 is 0 Å². The molecule has 1 heterocycles. The third-order valence-corrected chi connectivity index (χ3v) is 2.82. The first-order valence-corrected chi connectivity index (χ1v) is 5.96. The van der Waals surface area contributed by atoms with E-state index in [-0.39, 0.29) is 0 Å². The van der Waals surface area contributed by atoms with Gasteiger partial charge < -0.3 is 16.8 Å². The minimum absolute atomic E-state index is 0.685. The van der Waals surface area contributed by atoms with Crippen LogP contribution >= 0.6 is 0 Å². The quantitative estimate of drug-likeness (QED) is 0.730. The van der Waals surface area contributed by atoms with Gasteiger partial charge in [0.1, 0.15) is 11.6 Å². The molecule has 0 amide bonds. The zero-order valence-electron chi connectivity index (χ0n) is 11.0. The average Bonchev–Trinajstić information content (AvgIpc) is 2.40. The van der Waals surface area contributed by atoms with Crippen LogP contribution in [0, 0.1) is 13.8 Å². The summed E-state index contributed by atoms with van der Waals surface area (Å²) in [5, 5.41) is 3.16. The van der Waals surface area contributed by atoms with Crippen molar-refractivity contribution in [2.75, 3.05) is 11.1 Å². The van der Waals surface area contributed by atoms with Crippen molar-refractivity contribution in [2.24, 2.45) is 5.73 Å². The van der Waals surface area contributed by atoms with Crippen molar-refractivity contribution in [3.63, 3.8) is 0 Å². The van der Waals surface area contributed by atoms with E-state index in [1.54, 1.807) is 12.3 Å². The zero-order valence-corrected chi connectivity index (χ0v) is 11.0. The number of hydrogen-bond donors (Lipinski definition) is 3. The van der Waals surface area contributed by atoms with Gasteiger partial charge in [0.15, 0.2) is 0 Å². The Morgan fingerprint density at radius 1 is 1.26 bits per heavy atom. The van der Waals surface area contributed by atoms with Crippen LogP contribution in [-0.4, -0.2) is 9.97 Å². The molecule has 19 heavy (non-hydrogen) atoms. The van der Waals surface area contributed by atoms with Gasteiger partial charge in [-0.3, -0.25) is 0 Å². The number of hydrogen-bond acceptors (Lipinski definition) is 5. The predicted octanol–water partition coefficient (Wildman–Crippen LogP) is 2.04. The number of nitrogens with zero attached hydrogens (tertiary/aromatic N) is 2. The van der Waals surface area contributed by atoms with Crippen LogP contribution in [0.15, 0.2) is 36.7 Å². The normalized spacial score (nSPS) is 11.4. The third-order valence-electron chi connectivity index (χ3n) is 2.82. The lowest BCUT2D eigenvalue weighted by Crippen LogP contribution is -2.07. The van der Waals surface area contributed by atoms with E-state index in [1.165, 1.54) is 6.20 Å². The highest BCUT2D eigenvalue weighted by Crippen LogP contribution is 2.24. The summed E-state index contributed by atoms with van der Waals surface area (Å²) in [5.74, 6) is 1.38. The highest BCUT2D eigenvalue weighted by atomic mass is 15.0. The number of para-hydroxylation sites is 1. The second kappa shape index (κ2) is 5.39. The Balaban J connectivity index is 2.34. The highest BCUT2D eigenvalue weighted by molar-refractivity contribution is 5.82. The first kappa shape index (κ1) is 12.9. The fourth-order valence-electron chi connectivity index (χ4n) is 1.78. The molecule has 2 rings (SSSR count). The number of nitrogens with one attached hydrogen (secondary N) is 1. The van der Waals surface area contributed by atoms with Gasteiger partial charge >= 0.3 is 0 Å². The van der Waals surface area contributed by atoms with Crippen molar-refractivity contribution >= 4 is 17.2 Å². The van der Waals surface area contributed by atoms with Crippen molar-refractivity contribution in [1.82, 2.24) is 9.97 Å². The van der Waals surface area contributed by atoms with Gasteiger partial charge in [-0.15, -0.1) is 0 Å². The maximum absolute atomic E-state index is 6.07. The van der Waals surface area contributed by atoms with E-state index in [1.807, 2.05) is 32.0 Å². The van der Waals surface area contributed by atoms with E-state index in [2.05, 4.69) is 15.3 Å². The second-order valence-electron chi connectivity index (χ2n) is 4.23. The SMILES string of the molecule is Cc1nccc(N/C(=C/N)c2cccc(C)c2N)n1. The molecule has 5 heteroatoms. The lowest BCUT2D eigenvalue weighted by Gasteiger charge is -2.13. The summed E-state index contributed by atoms with van der Waals surface area (Å²) in [7, 11) is 0. The van der Waals surface area contributed by atoms with Crippen LogP contribution in [0.2, 0.25) is 0 Å². The molecule has 5 N–H and O–H groups in total. The van der Waals surface area contributed by atoms with Crippen LogP contribution in [0.3, 0.4) is 0 Å². The Morgan fingerprint density at radius 2 is 2.05 bits per heavy atom. The molecule has 0 aliphatic rings. The first-order chi connectivity index (χ1) is 9.11. The molecule has 1 aromatic heterocycles. The maximum Gasteiger partial charge on any atom is 0.134 e. The Morgan fingerprint density at radius 3 is 2.74 bits per heavy atom. The van der Waals surface area contributed by atoms with E-state index in [0.29, 0.717) is 17.3 Å². The van der Waals surface area contributed by atoms with E-state index < -0.39 is 0 Å². The summed E-state index contributed by atoms with van der Waals surface area (Å²) in [6.45, 7) is 3.79. The number of anilines is 2. The molecule has 0 atom stereocenters. The lowest BCUT2D eigenvalue weighted by atomic mass is 10.1. The maximum atomic E-state index is 6.07. The molecule has 5 nitrogen and oxygen atoms in total. The van der Waals surface area contributed by atoms with Gasteiger partial charge in [0.25, 0.3) is 0 Å². The summed E-state index contributed by atoms with van der Waals surface area (Å²) >= 11 is 0. The van der Waals surface area contributed by atoms with E-state index in [4.69, 9.17) is 11.5 Å². The minimum Gasteiger partial charge on any atom is -0.403 e. The molecule has 0 bridgehead atoms. The zero-order chi connectivity index (χ0) is 13.8. The fraction of sp³-hybridized carbons (Fsp3) is 0.143. The molecule has 2 aromatic rings. The van der Waals surface area contributed by atoms with Gasteiger partial charge in [-0.05, 0) is 25.5 Å². The van der Waals surface area contributed by atoms with Crippen LogP contribution in [0.1, 0.15) is 17.0 Å². The molecule has 0 spiro atoms. The van der Waals surface area contributed by atoms with Gasteiger partial charge in [-0.1, -0.05) is 18.2 Å². The molecule has 98 valence electrons. The van der Waals surface area contributed by atoms with Gasteiger partial charge in [-0.2, -0.15) is 0 Å². The molecule has 0 aliphatic heterocycles. The number of rotatable bonds is 3. The monoisotopic (exact) mass is 255 g/mol. The Kier molecular flexibility index (Phi) is 3.66. The summed E-state index contributed by atoms with van der Waals surface area (Å²) in [4.78, 5) is 8.33. The number of benzene rings is 1. The number of nitrogen functional groups attached to an aromatic ring is 1. The van der Waals surface area contributed by atoms with Crippen LogP contribution < -0.4 is 16.8 Å². The summed E-state index contributed by atoms with van der Waals surface area (Å²) in [6, 6.07) is 7.60. The molecule has 0 unspecified atom stereocenters. The van der Waals surface area contributed by atoms with Crippen LogP contribution in [0.4, 0.5) is 11.5 Å². The van der Waals surface area contributed by atoms with Crippen molar-refractivity contribution < 1.29 is 0 Å². The molecule has 0 saturated carbocycles. The van der Waals surface area contributed by atoms with Crippen molar-refractivity contribution in [3.8, 4) is 0 Å². The summed E-state index contributed by atoms with van der Waals surface area (Å²) < 4.78 is 0. The predicted molar refractivity (Wildman–Crippen MR) is 78.1 cm³/mol. The number of aryl methyl sites for hydroxylation is 2. The summed E-state index contributed by atoms with van der Waals surface area (Å²) in [6.07, 6.45) is 3.18. The molecule has 0 aliphatic carbocycles. The minimum atomic E-state index is 0.685. The van der Waals surface area contributed by atoms with Gasteiger partial charge in [0, 0.05) is 23.6 Å². The summed E-state index contributed by atoms with van der Waals surface area (Å²) in [5.41, 5.74) is 15.1. The van der Waals surface area contributed by atoms with Gasteiger partial charge in [0.2, 0.25) is 0 Å². The average molecular weight is 255 g/mol. The first-order valence-electron chi connectivity index (χ1n) is 5.96. The smallest absolute Gasteiger partial charge is 0.134 e. The van der Waals surface area contributed by atoms with Crippen LogP contribution in [0.5, 0.6) is 0 Å². The second-order valence-corrected chi connectivity index (χ2v) is 4.23. The molecule has 0 saturated heterocycles. The Bertz CT molecular complexity index is 619. The molecular weight excluding hydrogens is 238 g/mol. The molecule has 0 fully saturated rings. The molecular formula is C14H17N5. The van der Waals surface area contributed by atoms with Gasteiger partial charge in [-0.25, -0.2) is 9.97 Å². The molecule has 1 aromatic carbocycles. The van der Waals surface area contributed by atoms with Crippen molar-refractivity contribution in [3.05, 3.63) is 53.6 Å². The lowest BCUT2D eigenvalue weighted by molar-refractivity contribution is 1.06.